The maximum atomic E-state index is 12.3. The maximum Gasteiger partial charge on any atom is 0.239 e. The number of carbonyl (C=O) groups is 3. The van der Waals surface area contributed by atoms with Gasteiger partial charge in [-0.15, -0.1) is 0 Å². The highest BCUT2D eigenvalue weighted by atomic mass is 16.2. The molecule has 26 heavy (non-hydrogen) atoms. The number of nitrogens with one attached hydrogen (secondary N) is 2. The topological polar surface area (TPSA) is 91.4 Å². The van der Waals surface area contributed by atoms with Gasteiger partial charge in [0.2, 0.25) is 17.7 Å². The lowest BCUT2D eigenvalue weighted by molar-refractivity contribution is -0.129. The Labute approximate surface area is 151 Å². The fourth-order valence-corrected chi connectivity index (χ4v) is 2.81. The van der Waals surface area contributed by atoms with Crippen molar-refractivity contribution < 1.29 is 14.4 Å². The van der Waals surface area contributed by atoms with E-state index in [1.807, 2.05) is 36.4 Å². The summed E-state index contributed by atoms with van der Waals surface area (Å²) in [5.74, 6) is -1.12. The molecule has 7 heteroatoms. The number of amides is 3. The van der Waals surface area contributed by atoms with Crippen LogP contribution in [0.15, 0.2) is 54.7 Å². The van der Waals surface area contributed by atoms with Crippen molar-refractivity contribution in [3.8, 4) is 0 Å². The summed E-state index contributed by atoms with van der Waals surface area (Å²) < 4.78 is 0. The van der Waals surface area contributed by atoms with Crippen LogP contribution in [0.25, 0.3) is 0 Å². The molecular formula is C19H20N4O3. The molecule has 1 aliphatic rings. The summed E-state index contributed by atoms with van der Waals surface area (Å²) in [6.45, 7) is 0.505. The molecule has 2 heterocycles. The van der Waals surface area contributed by atoms with Gasteiger partial charge in [-0.25, -0.2) is 0 Å². The predicted octanol–water partition coefficient (Wildman–Crippen LogP) is 0.867. The molecule has 1 aliphatic heterocycles. The number of anilines is 1. The Morgan fingerprint density at radius 2 is 1.85 bits per heavy atom. The van der Waals surface area contributed by atoms with E-state index >= 15 is 0 Å². The lowest BCUT2D eigenvalue weighted by Crippen LogP contribution is -2.40. The molecule has 0 aliphatic carbocycles. The minimum Gasteiger partial charge on any atom is -0.349 e. The van der Waals surface area contributed by atoms with Gasteiger partial charge in [0.25, 0.3) is 0 Å². The van der Waals surface area contributed by atoms with Crippen molar-refractivity contribution in [2.75, 3.05) is 18.0 Å². The van der Waals surface area contributed by atoms with Crippen molar-refractivity contribution in [3.63, 3.8) is 0 Å². The molecule has 0 spiro atoms. The van der Waals surface area contributed by atoms with Gasteiger partial charge in [0.05, 0.1) is 24.7 Å². The van der Waals surface area contributed by atoms with Gasteiger partial charge in [0.15, 0.2) is 0 Å². The Hall–Kier alpha value is -3.22. The van der Waals surface area contributed by atoms with Crippen LogP contribution in [0.5, 0.6) is 0 Å². The fraction of sp³-hybridized carbons (Fsp3) is 0.263. The molecule has 1 fully saturated rings. The van der Waals surface area contributed by atoms with Crippen LogP contribution in [0.1, 0.15) is 12.1 Å². The van der Waals surface area contributed by atoms with E-state index in [9.17, 15) is 14.4 Å². The summed E-state index contributed by atoms with van der Waals surface area (Å²) >= 11 is 0. The second-order valence-electron chi connectivity index (χ2n) is 6.06. The zero-order valence-electron chi connectivity index (χ0n) is 14.2. The molecule has 3 rings (SSSR count). The van der Waals surface area contributed by atoms with Crippen molar-refractivity contribution in [1.29, 1.82) is 0 Å². The first kappa shape index (κ1) is 17.6. The lowest BCUT2D eigenvalue weighted by atomic mass is 10.1. The number of nitrogens with zero attached hydrogens (tertiary/aromatic N) is 2. The largest absolute Gasteiger partial charge is 0.349 e. The number of aromatic nitrogens is 1. The normalized spacial score (nSPS) is 16.4. The molecule has 2 N–H and O–H groups in total. The number of rotatable bonds is 6. The first-order chi connectivity index (χ1) is 12.6. The van der Waals surface area contributed by atoms with E-state index in [2.05, 4.69) is 15.6 Å². The van der Waals surface area contributed by atoms with Crippen LogP contribution >= 0.6 is 0 Å². The van der Waals surface area contributed by atoms with Gasteiger partial charge in [0, 0.05) is 24.8 Å². The first-order valence-electron chi connectivity index (χ1n) is 8.43. The van der Waals surface area contributed by atoms with Gasteiger partial charge in [-0.3, -0.25) is 19.4 Å². The van der Waals surface area contributed by atoms with Crippen molar-refractivity contribution in [3.05, 3.63) is 60.4 Å². The second-order valence-corrected chi connectivity index (χ2v) is 6.06. The summed E-state index contributed by atoms with van der Waals surface area (Å²) in [4.78, 5) is 42.0. The van der Waals surface area contributed by atoms with Gasteiger partial charge in [-0.05, 0) is 24.3 Å². The number of para-hydroxylation sites is 1. The zero-order valence-corrected chi connectivity index (χ0v) is 14.2. The molecule has 1 aromatic carbocycles. The average molecular weight is 352 g/mol. The van der Waals surface area contributed by atoms with E-state index in [4.69, 9.17) is 0 Å². The Balaban J connectivity index is 1.45. The molecule has 0 saturated carbocycles. The highest BCUT2D eigenvalue weighted by Crippen LogP contribution is 2.24. The maximum absolute atomic E-state index is 12.3. The van der Waals surface area contributed by atoms with Crippen molar-refractivity contribution >= 4 is 23.4 Å². The average Bonchev–Trinajstić information content (AvgIpc) is 3.08. The van der Waals surface area contributed by atoms with Crippen LogP contribution in [-0.2, 0) is 20.9 Å². The van der Waals surface area contributed by atoms with E-state index < -0.39 is 5.92 Å². The smallest absolute Gasteiger partial charge is 0.239 e. The van der Waals surface area contributed by atoms with E-state index in [-0.39, 0.29) is 30.7 Å². The second kappa shape index (κ2) is 8.24. The van der Waals surface area contributed by atoms with Gasteiger partial charge in [-0.2, -0.15) is 0 Å². The predicted molar refractivity (Wildman–Crippen MR) is 96.0 cm³/mol. The summed E-state index contributed by atoms with van der Waals surface area (Å²) in [5.41, 5.74) is 1.52. The molecule has 3 amide bonds. The molecule has 1 aromatic heterocycles. The third-order valence-electron chi connectivity index (χ3n) is 4.18. The number of hydrogen-bond donors (Lipinski definition) is 2. The van der Waals surface area contributed by atoms with Crippen LogP contribution in [0, 0.1) is 5.92 Å². The standard InChI is InChI=1S/C19H20N4O3/c24-17(21-11-15-6-4-5-9-20-15)12-22-19(26)14-10-18(25)23(13-14)16-7-2-1-3-8-16/h1-9,14H,10-13H2,(H,21,24)(H,22,26)/t14-/m1/s1. The van der Waals surface area contributed by atoms with Gasteiger partial charge < -0.3 is 15.5 Å². The summed E-state index contributed by atoms with van der Waals surface area (Å²) in [6.07, 6.45) is 1.80. The van der Waals surface area contributed by atoms with Gasteiger partial charge in [0.1, 0.15) is 0 Å². The highest BCUT2D eigenvalue weighted by Gasteiger charge is 2.35. The number of carbonyl (C=O) groups excluding carboxylic acids is 3. The SMILES string of the molecule is O=C(CNC(=O)[C@@H]1CC(=O)N(c2ccccc2)C1)NCc1ccccn1. The Bertz CT molecular complexity index is 780. The molecule has 7 nitrogen and oxygen atoms in total. The number of hydrogen-bond acceptors (Lipinski definition) is 4. The monoisotopic (exact) mass is 352 g/mol. The zero-order chi connectivity index (χ0) is 18.4. The van der Waals surface area contributed by atoms with Gasteiger partial charge in [-0.1, -0.05) is 24.3 Å². The molecule has 2 aromatic rings. The van der Waals surface area contributed by atoms with E-state index in [0.717, 1.165) is 11.4 Å². The highest BCUT2D eigenvalue weighted by molar-refractivity contribution is 6.00. The van der Waals surface area contributed by atoms with Gasteiger partial charge >= 0.3 is 0 Å². The molecule has 0 radical (unpaired) electrons. The third-order valence-corrected chi connectivity index (χ3v) is 4.18. The van der Waals surface area contributed by atoms with Crippen molar-refractivity contribution in [2.45, 2.75) is 13.0 Å². The van der Waals surface area contributed by atoms with Crippen molar-refractivity contribution in [1.82, 2.24) is 15.6 Å². The Morgan fingerprint density at radius 1 is 1.08 bits per heavy atom. The molecule has 1 atom stereocenters. The Morgan fingerprint density at radius 3 is 2.58 bits per heavy atom. The number of pyridine rings is 1. The van der Waals surface area contributed by atoms with Crippen LogP contribution < -0.4 is 15.5 Å². The molecule has 1 saturated heterocycles. The minimum absolute atomic E-state index is 0.0871. The summed E-state index contributed by atoms with van der Waals surface area (Å²) in [5, 5.41) is 5.30. The minimum atomic E-state index is -0.453. The lowest BCUT2D eigenvalue weighted by Gasteiger charge is -2.16. The first-order valence-corrected chi connectivity index (χ1v) is 8.43. The Kier molecular flexibility index (Phi) is 5.58. The van der Waals surface area contributed by atoms with Crippen LogP contribution in [0.2, 0.25) is 0 Å². The third kappa shape index (κ3) is 4.44. The number of benzene rings is 1. The van der Waals surface area contributed by atoms with Crippen LogP contribution in [0.4, 0.5) is 5.69 Å². The summed E-state index contributed by atoms with van der Waals surface area (Å²) in [6, 6.07) is 14.7. The molecule has 134 valence electrons. The summed E-state index contributed by atoms with van der Waals surface area (Å²) in [7, 11) is 0. The fourth-order valence-electron chi connectivity index (χ4n) is 2.81. The van der Waals surface area contributed by atoms with Crippen molar-refractivity contribution in [2.24, 2.45) is 5.92 Å². The van der Waals surface area contributed by atoms with Crippen LogP contribution in [0.3, 0.4) is 0 Å². The van der Waals surface area contributed by atoms with E-state index in [1.54, 1.807) is 23.2 Å². The molecule has 0 bridgehead atoms. The molecule has 0 unspecified atom stereocenters. The van der Waals surface area contributed by atoms with E-state index in [0.29, 0.717) is 13.1 Å². The van der Waals surface area contributed by atoms with Crippen LogP contribution in [-0.4, -0.2) is 35.8 Å². The quantitative estimate of drug-likeness (QED) is 0.807. The van der Waals surface area contributed by atoms with E-state index in [1.165, 1.54) is 0 Å². The molecular weight excluding hydrogens is 332 g/mol.